The van der Waals surface area contributed by atoms with Gasteiger partial charge in [0.2, 0.25) is 0 Å². The number of aromatic nitrogens is 2. The Bertz CT molecular complexity index is 542. The average molecular weight is 249 g/mol. The molecule has 0 spiro atoms. The zero-order chi connectivity index (χ0) is 11.8. The second-order valence-corrected chi connectivity index (χ2v) is 4.64. The molecule has 0 bridgehead atoms. The van der Waals surface area contributed by atoms with Gasteiger partial charge in [-0.25, -0.2) is 4.68 Å². The Kier molecular flexibility index (Phi) is 2.65. The van der Waals surface area contributed by atoms with Gasteiger partial charge in [-0.05, 0) is 30.5 Å². The van der Waals surface area contributed by atoms with E-state index in [4.69, 9.17) is 16.3 Å². The predicted octanol–water partition coefficient (Wildman–Crippen LogP) is 2.91. The van der Waals surface area contributed by atoms with Crippen LogP contribution < -0.4 is 0 Å². The fourth-order valence-corrected chi connectivity index (χ4v) is 2.51. The molecule has 0 N–H and O–H groups in total. The van der Waals surface area contributed by atoms with Crippen LogP contribution in [0.1, 0.15) is 16.8 Å². The van der Waals surface area contributed by atoms with Crippen LogP contribution in [0.15, 0.2) is 24.4 Å². The molecule has 3 nitrogen and oxygen atoms in total. The topological polar surface area (TPSA) is 27.1 Å². The molecule has 0 radical (unpaired) electrons. The Morgan fingerprint density at radius 3 is 3.12 bits per heavy atom. The summed E-state index contributed by atoms with van der Waals surface area (Å²) >= 11 is 6.26. The molecule has 4 heteroatoms. The van der Waals surface area contributed by atoms with Crippen molar-refractivity contribution in [1.29, 1.82) is 0 Å². The zero-order valence-corrected chi connectivity index (χ0v) is 10.4. The molecule has 3 rings (SSSR count). The lowest BCUT2D eigenvalue weighted by Gasteiger charge is -2.16. The van der Waals surface area contributed by atoms with Gasteiger partial charge in [0.25, 0.3) is 0 Å². The van der Waals surface area contributed by atoms with E-state index in [-0.39, 0.29) is 0 Å². The number of hydrogen-bond acceptors (Lipinski definition) is 2. The summed E-state index contributed by atoms with van der Waals surface area (Å²) < 4.78 is 7.40. The van der Waals surface area contributed by atoms with Crippen LogP contribution >= 0.6 is 11.6 Å². The highest BCUT2D eigenvalue weighted by Crippen LogP contribution is 2.27. The molecule has 88 valence electrons. The van der Waals surface area contributed by atoms with Crippen LogP contribution in [0.3, 0.4) is 0 Å². The summed E-state index contributed by atoms with van der Waals surface area (Å²) in [6.07, 6.45) is 2.85. The van der Waals surface area contributed by atoms with Gasteiger partial charge >= 0.3 is 0 Å². The van der Waals surface area contributed by atoms with E-state index in [0.29, 0.717) is 6.61 Å². The van der Waals surface area contributed by atoms with Crippen LogP contribution in [0.2, 0.25) is 5.02 Å². The minimum Gasteiger partial charge on any atom is -0.375 e. The lowest BCUT2D eigenvalue weighted by atomic mass is 10.1. The van der Waals surface area contributed by atoms with Gasteiger partial charge in [-0.15, -0.1) is 0 Å². The Balaban J connectivity index is 2.19. The summed E-state index contributed by atoms with van der Waals surface area (Å²) in [6, 6.07) is 5.88. The van der Waals surface area contributed by atoms with Gasteiger partial charge in [0.05, 0.1) is 35.8 Å². The first-order chi connectivity index (χ1) is 8.27. The third kappa shape index (κ3) is 1.75. The van der Waals surface area contributed by atoms with Crippen molar-refractivity contribution in [3.8, 4) is 5.69 Å². The van der Waals surface area contributed by atoms with E-state index in [0.717, 1.165) is 35.0 Å². The fraction of sp³-hybridized carbons (Fsp3) is 0.308. The van der Waals surface area contributed by atoms with Crippen molar-refractivity contribution in [1.82, 2.24) is 9.78 Å². The maximum atomic E-state index is 6.26. The number of fused-ring (bicyclic) bond motifs is 1. The van der Waals surface area contributed by atoms with E-state index in [1.807, 2.05) is 36.0 Å². The smallest absolute Gasteiger partial charge is 0.0892 e. The van der Waals surface area contributed by atoms with E-state index in [1.165, 1.54) is 5.56 Å². The van der Waals surface area contributed by atoms with Crippen LogP contribution in [-0.4, -0.2) is 16.4 Å². The van der Waals surface area contributed by atoms with Gasteiger partial charge in [-0.3, -0.25) is 0 Å². The van der Waals surface area contributed by atoms with Crippen molar-refractivity contribution in [3.05, 3.63) is 46.2 Å². The molecule has 1 aromatic carbocycles. The Morgan fingerprint density at radius 2 is 2.29 bits per heavy atom. The minimum absolute atomic E-state index is 0.611. The number of halogens is 1. The predicted molar refractivity (Wildman–Crippen MR) is 66.7 cm³/mol. The summed E-state index contributed by atoms with van der Waals surface area (Å²) in [6.45, 7) is 3.43. The van der Waals surface area contributed by atoms with E-state index >= 15 is 0 Å². The van der Waals surface area contributed by atoms with Crippen LogP contribution in [0.5, 0.6) is 0 Å². The summed E-state index contributed by atoms with van der Waals surface area (Å²) in [5.74, 6) is 0. The molecular weight excluding hydrogens is 236 g/mol. The molecule has 0 aliphatic carbocycles. The summed E-state index contributed by atoms with van der Waals surface area (Å²) in [7, 11) is 0. The van der Waals surface area contributed by atoms with Crippen LogP contribution in [-0.2, 0) is 17.8 Å². The molecule has 0 saturated heterocycles. The number of rotatable bonds is 1. The van der Waals surface area contributed by atoms with E-state index in [2.05, 4.69) is 5.10 Å². The van der Waals surface area contributed by atoms with Gasteiger partial charge in [-0.1, -0.05) is 23.7 Å². The van der Waals surface area contributed by atoms with Crippen molar-refractivity contribution in [2.45, 2.75) is 20.0 Å². The van der Waals surface area contributed by atoms with Crippen LogP contribution in [0, 0.1) is 6.92 Å². The number of para-hydroxylation sites is 1. The summed E-state index contributed by atoms with van der Waals surface area (Å²) in [5, 5.41) is 5.17. The number of hydrogen-bond donors (Lipinski definition) is 0. The van der Waals surface area contributed by atoms with E-state index in [9.17, 15) is 0 Å². The highest BCUT2D eigenvalue weighted by Gasteiger charge is 2.18. The largest absolute Gasteiger partial charge is 0.375 e. The van der Waals surface area contributed by atoms with Crippen molar-refractivity contribution in [2.75, 3.05) is 6.61 Å². The zero-order valence-electron chi connectivity index (χ0n) is 9.61. The second kappa shape index (κ2) is 4.17. The Labute approximate surface area is 105 Å². The molecule has 0 unspecified atom stereocenters. The fourth-order valence-electron chi connectivity index (χ4n) is 2.21. The second-order valence-electron chi connectivity index (χ2n) is 4.24. The van der Waals surface area contributed by atoms with Gasteiger partial charge < -0.3 is 4.74 Å². The van der Waals surface area contributed by atoms with Crippen molar-refractivity contribution < 1.29 is 4.74 Å². The number of nitrogens with zero attached hydrogens (tertiary/aromatic N) is 2. The maximum Gasteiger partial charge on any atom is 0.0892 e. The molecule has 17 heavy (non-hydrogen) atoms. The third-order valence-electron chi connectivity index (χ3n) is 3.11. The van der Waals surface area contributed by atoms with Gasteiger partial charge in [-0.2, -0.15) is 5.10 Å². The molecule has 0 amide bonds. The lowest BCUT2D eigenvalue weighted by molar-refractivity contribution is 0.106. The number of aryl methyl sites for hydroxylation is 1. The molecule has 0 fully saturated rings. The van der Waals surface area contributed by atoms with Crippen molar-refractivity contribution in [3.63, 3.8) is 0 Å². The first-order valence-corrected chi connectivity index (χ1v) is 6.04. The Morgan fingerprint density at radius 1 is 1.41 bits per heavy atom. The maximum absolute atomic E-state index is 6.26. The lowest BCUT2D eigenvalue weighted by Crippen LogP contribution is -2.13. The van der Waals surface area contributed by atoms with Crippen molar-refractivity contribution in [2.24, 2.45) is 0 Å². The first kappa shape index (κ1) is 10.8. The standard InChI is InChI=1S/C13H13ClN2O/c1-9-3-2-4-11(14)13(9)16-12-8-17-6-5-10(12)7-15-16/h2-4,7H,5-6,8H2,1H3. The molecule has 0 atom stereocenters. The molecule has 0 saturated carbocycles. The van der Waals surface area contributed by atoms with E-state index in [1.54, 1.807) is 0 Å². The molecule has 1 aliphatic rings. The molecular formula is C13H13ClN2O. The highest BCUT2D eigenvalue weighted by molar-refractivity contribution is 6.32. The highest BCUT2D eigenvalue weighted by atomic mass is 35.5. The monoisotopic (exact) mass is 248 g/mol. The quantitative estimate of drug-likeness (QED) is 0.776. The summed E-state index contributed by atoms with van der Waals surface area (Å²) in [5.41, 5.74) is 4.46. The van der Waals surface area contributed by atoms with Crippen molar-refractivity contribution >= 4 is 11.6 Å². The first-order valence-electron chi connectivity index (χ1n) is 5.66. The van der Waals surface area contributed by atoms with Crippen LogP contribution in [0.25, 0.3) is 5.69 Å². The Hall–Kier alpha value is -1.32. The van der Waals surface area contributed by atoms with E-state index < -0.39 is 0 Å². The van der Waals surface area contributed by atoms with Crippen LogP contribution in [0.4, 0.5) is 0 Å². The summed E-state index contributed by atoms with van der Waals surface area (Å²) in [4.78, 5) is 0. The third-order valence-corrected chi connectivity index (χ3v) is 3.42. The average Bonchev–Trinajstić information content (AvgIpc) is 2.73. The normalized spacial score (nSPS) is 14.7. The van der Waals surface area contributed by atoms with Gasteiger partial charge in [0.1, 0.15) is 0 Å². The molecule has 2 heterocycles. The van der Waals surface area contributed by atoms with Gasteiger partial charge in [0.15, 0.2) is 0 Å². The molecule has 1 aromatic heterocycles. The minimum atomic E-state index is 0.611. The molecule has 2 aromatic rings. The number of benzene rings is 1. The molecule has 1 aliphatic heterocycles. The SMILES string of the molecule is Cc1cccc(Cl)c1-n1ncc2c1COCC2. The number of ether oxygens (including phenoxy) is 1. The van der Waals surface area contributed by atoms with Gasteiger partial charge in [0, 0.05) is 0 Å².